The first-order chi connectivity index (χ1) is 8.06. The Hall–Kier alpha value is -1.58. The number of nitrogens with one attached hydrogen (secondary N) is 1. The van der Waals surface area contributed by atoms with Gasteiger partial charge in [0.2, 0.25) is 5.91 Å². The fraction of sp³-hybridized carbons (Fsp3) is 0.462. The monoisotopic (exact) mass is 237 g/mol. The molecule has 0 saturated carbocycles. The van der Waals surface area contributed by atoms with Crippen molar-refractivity contribution >= 4 is 11.6 Å². The maximum atomic E-state index is 13.6. The molecule has 3 nitrogen and oxygen atoms in total. The predicted octanol–water partition coefficient (Wildman–Crippen LogP) is 2.75. The molecular weight excluding hydrogens is 221 g/mol. The van der Waals surface area contributed by atoms with Crippen LogP contribution >= 0.6 is 0 Å². The highest BCUT2D eigenvalue weighted by molar-refractivity contribution is 5.99. The number of carbonyl (C=O) groups excluding carboxylic acids is 1. The third-order valence-electron chi connectivity index (χ3n) is 2.72. The number of fused-ring (bicyclic) bond motifs is 1. The lowest BCUT2D eigenvalue weighted by Crippen LogP contribution is -2.04. The van der Waals surface area contributed by atoms with Gasteiger partial charge in [0.05, 0.1) is 18.7 Å². The van der Waals surface area contributed by atoms with E-state index in [0.29, 0.717) is 29.5 Å². The number of rotatable bonds is 4. The second-order valence-electron chi connectivity index (χ2n) is 4.70. The average molecular weight is 237 g/mol. The molecule has 0 saturated heterocycles. The van der Waals surface area contributed by atoms with Crippen molar-refractivity contribution in [3.63, 3.8) is 0 Å². The number of carbonyl (C=O) groups is 1. The minimum absolute atomic E-state index is 0.168. The normalized spacial score (nSPS) is 13.8. The van der Waals surface area contributed by atoms with Crippen LogP contribution in [0.25, 0.3) is 0 Å². The summed E-state index contributed by atoms with van der Waals surface area (Å²) in [6.07, 6.45) is 1.16. The van der Waals surface area contributed by atoms with Crippen molar-refractivity contribution in [1.82, 2.24) is 0 Å². The molecule has 1 N–H and O–H groups in total. The first-order valence-electron chi connectivity index (χ1n) is 5.81. The van der Waals surface area contributed by atoms with Crippen LogP contribution in [0.5, 0.6) is 5.75 Å². The standard InChI is InChI=1S/C13H16FNO2/c1-8(2)3-4-17-10-5-9-6-12(16)15-13(9)11(14)7-10/h5,7-8H,3-4,6H2,1-2H3,(H,15,16). The van der Waals surface area contributed by atoms with Gasteiger partial charge in [-0.15, -0.1) is 0 Å². The molecule has 92 valence electrons. The Kier molecular flexibility index (Phi) is 3.31. The number of anilines is 1. The lowest BCUT2D eigenvalue weighted by molar-refractivity contribution is -0.115. The molecule has 1 heterocycles. The quantitative estimate of drug-likeness (QED) is 0.874. The molecular formula is C13H16FNO2. The van der Waals surface area contributed by atoms with E-state index in [1.54, 1.807) is 6.07 Å². The number of hydrogen-bond donors (Lipinski definition) is 1. The Morgan fingerprint density at radius 2 is 2.24 bits per heavy atom. The Morgan fingerprint density at radius 1 is 1.47 bits per heavy atom. The van der Waals surface area contributed by atoms with Gasteiger partial charge in [-0.3, -0.25) is 4.79 Å². The zero-order valence-corrected chi connectivity index (χ0v) is 10.0. The highest BCUT2D eigenvalue weighted by atomic mass is 19.1. The van der Waals surface area contributed by atoms with E-state index in [2.05, 4.69) is 19.2 Å². The molecule has 0 aromatic heterocycles. The molecule has 0 radical (unpaired) electrons. The van der Waals surface area contributed by atoms with Crippen molar-refractivity contribution in [2.75, 3.05) is 11.9 Å². The minimum atomic E-state index is -0.423. The zero-order valence-electron chi connectivity index (χ0n) is 10.0. The molecule has 2 rings (SSSR count). The van der Waals surface area contributed by atoms with Gasteiger partial charge in [-0.1, -0.05) is 13.8 Å². The van der Waals surface area contributed by atoms with E-state index in [-0.39, 0.29) is 12.3 Å². The lowest BCUT2D eigenvalue weighted by atomic mass is 10.1. The summed E-state index contributed by atoms with van der Waals surface area (Å²) in [5, 5.41) is 2.50. The number of ether oxygens (including phenoxy) is 1. The van der Waals surface area contributed by atoms with Crippen molar-refractivity contribution in [1.29, 1.82) is 0 Å². The Balaban J connectivity index is 2.08. The van der Waals surface area contributed by atoms with Crippen LogP contribution in [0.2, 0.25) is 0 Å². The van der Waals surface area contributed by atoms with Gasteiger partial charge in [0.1, 0.15) is 5.75 Å². The van der Waals surface area contributed by atoms with Crippen molar-refractivity contribution in [2.45, 2.75) is 26.7 Å². The molecule has 0 bridgehead atoms. The van der Waals surface area contributed by atoms with E-state index in [9.17, 15) is 9.18 Å². The van der Waals surface area contributed by atoms with Crippen LogP contribution in [0.15, 0.2) is 12.1 Å². The summed E-state index contributed by atoms with van der Waals surface area (Å²) in [5.41, 5.74) is 0.973. The summed E-state index contributed by atoms with van der Waals surface area (Å²) in [7, 11) is 0. The molecule has 0 atom stereocenters. The zero-order chi connectivity index (χ0) is 12.4. The van der Waals surface area contributed by atoms with Gasteiger partial charge >= 0.3 is 0 Å². The Bertz CT molecular complexity index is 443. The van der Waals surface area contributed by atoms with E-state index in [4.69, 9.17) is 4.74 Å². The molecule has 1 amide bonds. The third-order valence-corrected chi connectivity index (χ3v) is 2.72. The van der Waals surface area contributed by atoms with E-state index in [0.717, 1.165) is 6.42 Å². The molecule has 1 aromatic rings. The SMILES string of the molecule is CC(C)CCOc1cc(F)c2c(c1)CC(=O)N2. The maximum Gasteiger partial charge on any atom is 0.228 e. The second-order valence-corrected chi connectivity index (χ2v) is 4.70. The van der Waals surface area contributed by atoms with Crippen LogP contribution in [0, 0.1) is 11.7 Å². The Morgan fingerprint density at radius 3 is 2.94 bits per heavy atom. The van der Waals surface area contributed by atoms with Gasteiger partial charge in [0, 0.05) is 6.07 Å². The van der Waals surface area contributed by atoms with E-state index in [1.807, 2.05) is 0 Å². The molecule has 1 aromatic carbocycles. The highest BCUT2D eigenvalue weighted by Crippen LogP contribution is 2.30. The molecule has 0 fully saturated rings. The number of halogens is 1. The smallest absolute Gasteiger partial charge is 0.228 e. The molecule has 0 spiro atoms. The average Bonchev–Trinajstić information content (AvgIpc) is 2.58. The van der Waals surface area contributed by atoms with Crippen LogP contribution in [-0.4, -0.2) is 12.5 Å². The van der Waals surface area contributed by atoms with Crippen LogP contribution < -0.4 is 10.1 Å². The van der Waals surface area contributed by atoms with Crippen molar-refractivity contribution < 1.29 is 13.9 Å². The van der Waals surface area contributed by atoms with E-state index >= 15 is 0 Å². The maximum absolute atomic E-state index is 13.6. The first-order valence-corrected chi connectivity index (χ1v) is 5.81. The molecule has 17 heavy (non-hydrogen) atoms. The van der Waals surface area contributed by atoms with Gasteiger partial charge < -0.3 is 10.1 Å². The van der Waals surface area contributed by atoms with Crippen molar-refractivity contribution in [3.8, 4) is 5.75 Å². The second kappa shape index (κ2) is 4.73. The largest absolute Gasteiger partial charge is 0.493 e. The number of amides is 1. The van der Waals surface area contributed by atoms with Gasteiger partial charge in [-0.2, -0.15) is 0 Å². The number of benzene rings is 1. The van der Waals surface area contributed by atoms with Gasteiger partial charge in [-0.05, 0) is 24.0 Å². The fourth-order valence-corrected chi connectivity index (χ4v) is 1.77. The molecule has 0 aliphatic carbocycles. The minimum Gasteiger partial charge on any atom is -0.493 e. The first kappa shape index (κ1) is 11.9. The topological polar surface area (TPSA) is 38.3 Å². The summed E-state index contributed by atoms with van der Waals surface area (Å²) < 4.78 is 19.1. The molecule has 0 unspecified atom stereocenters. The highest BCUT2D eigenvalue weighted by Gasteiger charge is 2.22. The predicted molar refractivity (Wildman–Crippen MR) is 63.7 cm³/mol. The summed E-state index contributed by atoms with van der Waals surface area (Å²) in [5.74, 6) is 0.460. The van der Waals surface area contributed by atoms with Crippen LogP contribution in [0.4, 0.5) is 10.1 Å². The van der Waals surface area contributed by atoms with Crippen LogP contribution in [0.3, 0.4) is 0 Å². The Labute approximate surface area is 100.0 Å². The summed E-state index contributed by atoms with van der Waals surface area (Å²) in [6.45, 7) is 4.78. The summed E-state index contributed by atoms with van der Waals surface area (Å²) >= 11 is 0. The van der Waals surface area contributed by atoms with Crippen molar-refractivity contribution in [3.05, 3.63) is 23.5 Å². The van der Waals surface area contributed by atoms with E-state index < -0.39 is 5.82 Å². The summed E-state index contributed by atoms with van der Waals surface area (Å²) in [6, 6.07) is 3.06. The van der Waals surface area contributed by atoms with Gasteiger partial charge in [0.15, 0.2) is 5.82 Å². The number of hydrogen-bond acceptors (Lipinski definition) is 2. The van der Waals surface area contributed by atoms with Gasteiger partial charge in [0.25, 0.3) is 0 Å². The van der Waals surface area contributed by atoms with Crippen LogP contribution in [0.1, 0.15) is 25.8 Å². The lowest BCUT2D eigenvalue weighted by Gasteiger charge is -2.09. The van der Waals surface area contributed by atoms with Gasteiger partial charge in [-0.25, -0.2) is 4.39 Å². The fourth-order valence-electron chi connectivity index (χ4n) is 1.77. The summed E-state index contributed by atoms with van der Waals surface area (Å²) in [4.78, 5) is 11.1. The third kappa shape index (κ3) is 2.75. The van der Waals surface area contributed by atoms with Crippen molar-refractivity contribution in [2.24, 2.45) is 5.92 Å². The molecule has 1 aliphatic heterocycles. The van der Waals surface area contributed by atoms with E-state index in [1.165, 1.54) is 6.07 Å². The van der Waals surface area contributed by atoms with Crippen LogP contribution in [-0.2, 0) is 11.2 Å². The molecule has 1 aliphatic rings. The molecule has 4 heteroatoms.